The summed E-state index contributed by atoms with van der Waals surface area (Å²) in [5.41, 5.74) is 6.14. The van der Waals surface area contributed by atoms with Gasteiger partial charge in [-0.3, -0.25) is 0 Å². The number of nitrogens with zero attached hydrogens (tertiary/aromatic N) is 1. The van der Waals surface area contributed by atoms with Gasteiger partial charge in [0, 0.05) is 18.1 Å². The maximum absolute atomic E-state index is 5.95. The Kier molecular flexibility index (Phi) is 4.56. The molecule has 0 aliphatic carbocycles. The van der Waals surface area contributed by atoms with Gasteiger partial charge in [0.05, 0.1) is 0 Å². The summed E-state index contributed by atoms with van der Waals surface area (Å²) in [6.45, 7) is 9.78. The predicted octanol–water partition coefficient (Wildman–Crippen LogP) is 1.04. The van der Waals surface area contributed by atoms with Gasteiger partial charge in [-0.25, -0.2) is 0 Å². The second kappa shape index (κ2) is 5.28. The zero-order valence-corrected chi connectivity index (χ0v) is 10.7. The number of hydrogen-bond donors (Lipinski definition) is 2. The summed E-state index contributed by atoms with van der Waals surface area (Å²) in [5.74, 6) is 0.698. The molecular weight excluding hydrogens is 186 g/mol. The van der Waals surface area contributed by atoms with Crippen molar-refractivity contribution in [3.05, 3.63) is 0 Å². The SMILES string of the molecule is CC(C)CNC1(CN)CCN(C)C(C)C1. The molecule has 0 bridgehead atoms. The highest BCUT2D eigenvalue weighted by molar-refractivity contribution is 4.96. The number of hydrogen-bond acceptors (Lipinski definition) is 3. The van der Waals surface area contributed by atoms with E-state index in [1.807, 2.05) is 0 Å². The molecule has 2 atom stereocenters. The highest BCUT2D eigenvalue weighted by atomic mass is 15.2. The van der Waals surface area contributed by atoms with Crippen LogP contribution in [0.2, 0.25) is 0 Å². The first-order valence-corrected chi connectivity index (χ1v) is 6.14. The molecule has 3 nitrogen and oxygen atoms in total. The summed E-state index contributed by atoms with van der Waals surface area (Å²) in [4.78, 5) is 2.42. The Bertz CT molecular complexity index is 193. The smallest absolute Gasteiger partial charge is 0.0331 e. The summed E-state index contributed by atoms with van der Waals surface area (Å²) < 4.78 is 0. The van der Waals surface area contributed by atoms with Crippen LogP contribution in [-0.4, -0.2) is 43.2 Å². The average Bonchev–Trinajstić information content (AvgIpc) is 2.20. The molecule has 0 aromatic rings. The lowest BCUT2D eigenvalue weighted by molar-refractivity contribution is 0.109. The van der Waals surface area contributed by atoms with Crippen LogP contribution in [0.25, 0.3) is 0 Å². The second-order valence-corrected chi connectivity index (χ2v) is 5.54. The van der Waals surface area contributed by atoms with Crippen LogP contribution in [0.1, 0.15) is 33.6 Å². The first-order valence-electron chi connectivity index (χ1n) is 6.14. The number of likely N-dealkylation sites (tertiary alicyclic amines) is 1. The van der Waals surface area contributed by atoms with Crippen LogP contribution in [0.5, 0.6) is 0 Å². The van der Waals surface area contributed by atoms with Crippen molar-refractivity contribution in [2.75, 3.05) is 26.7 Å². The summed E-state index contributed by atoms with van der Waals surface area (Å²) in [7, 11) is 2.20. The summed E-state index contributed by atoms with van der Waals surface area (Å²) in [5, 5.41) is 3.68. The molecule has 90 valence electrons. The predicted molar refractivity (Wildman–Crippen MR) is 66.0 cm³/mol. The average molecular weight is 213 g/mol. The van der Waals surface area contributed by atoms with Crippen molar-refractivity contribution in [1.82, 2.24) is 10.2 Å². The summed E-state index contributed by atoms with van der Waals surface area (Å²) in [6.07, 6.45) is 2.35. The molecule has 0 aromatic carbocycles. The molecule has 1 fully saturated rings. The van der Waals surface area contributed by atoms with Crippen LogP contribution in [0.3, 0.4) is 0 Å². The van der Waals surface area contributed by atoms with E-state index in [9.17, 15) is 0 Å². The maximum atomic E-state index is 5.95. The first-order chi connectivity index (χ1) is 6.99. The number of piperidine rings is 1. The Labute approximate surface area is 94.4 Å². The molecule has 0 aromatic heterocycles. The van der Waals surface area contributed by atoms with Crippen LogP contribution < -0.4 is 11.1 Å². The Morgan fingerprint density at radius 2 is 2.20 bits per heavy atom. The summed E-state index contributed by atoms with van der Waals surface area (Å²) >= 11 is 0. The Hall–Kier alpha value is -0.120. The highest BCUT2D eigenvalue weighted by Gasteiger charge is 2.35. The van der Waals surface area contributed by atoms with Gasteiger partial charge in [0.25, 0.3) is 0 Å². The number of nitrogens with two attached hydrogens (primary N) is 1. The first kappa shape index (κ1) is 12.9. The molecule has 1 heterocycles. The fourth-order valence-corrected chi connectivity index (χ4v) is 2.27. The quantitative estimate of drug-likeness (QED) is 0.733. The van der Waals surface area contributed by atoms with Crippen molar-refractivity contribution >= 4 is 0 Å². The molecule has 2 unspecified atom stereocenters. The van der Waals surface area contributed by atoms with Crippen molar-refractivity contribution in [3.8, 4) is 0 Å². The van der Waals surface area contributed by atoms with E-state index in [0.29, 0.717) is 12.0 Å². The van der Waals surface area contributed by atoms with Gasteiger partial charge in [-0.15, -0.1) is 0 Å². The summed E-state index contributed by atoms with van der Waals surface area (Å²) in [6, 6.07) is 0.641. The third-order valence-corrected chi connectivity index (χ3v) is 3.66. The largest absolute Gasteiger partial charge is 0.329 e. The molecule has 0 amide bonds. The van der Waals surface area contributed by atoms with Crippen molar-refractivity contribution < 1.29 is 0 Å². The van der Waals surface area contributed by atoms with Crippen LogP contribution in [-0.2, 0) is 0 Å². The molecule has 1 aliphatic rings. The van der Waals surface area contributed by atoms with E-state index in [-0.39, 0.29) is 5.54 Å². The minimum absolute atomic E-state index is 0.191. The fraction of sp³-hybridized carbons (Fsp3) is 1.00. The molecule has 0 radical (unpaired) electrons. The molecule has 0 spiro atoms. The zero-order valence-electron chi connectivity index (χ0n) is 10.7. The molecule has 3 heteroatoms. The van der Waals surface area contributed by atoms with Crippen molar-refractivity contribution in [2.24, 2.45) is 11.7 Å². The van der Waals surface area contributed by atoms with Gasteiger partial charge in [-0.1, -0.05) is 13.8 Å². The van der Waals surface area contributed by atoms with Gasteiger partial charge in [0.1, 0.15) is 0 Å². The molecule has 15 heavy (non-hydrogen) atoms. The van der Waals surface area contributed by atoms with Crippen molar-refractivity contribution in [3.63, 3.8) is 0 Å². The fourth-order valence-electron chi connectivity index (χ4n) is 2.27. The van der Waals surface area contributed by atoms with Gasteiger partial charge in [0.15, 0.2) is 0 Å². The second-order valence-electron chi connectivity index (χ2n) is 5.54. The number of rotatable bonds is 4. The molecule has 1 aliphatic heterocycles. The minimum atomic E-state index is 0.191. The van der Waals surface area contributed by atoms with Crippen LogP contribution in [0, 0.1) is 5.92 Å². The van der Waals surface area contributed by atoms with E-state index in [4.69, 9.17) is 5.73 Å². The van der Waals surface area contributed by atoms with Crippen molar-refractivity contribution in [2.45, 2.75) is 45.2 Å². The van der Waals surface area contributed by atoms with Crippen LogP contribution in [0.4, 0.5) is 0 Å². The normalized spacial score (nSPS) is 33.6. The van der Waals surface area contributed by atoms with E-state index >= 15 is 0 Å². The van der Waals surface area contributed by atoms with Gasteiger partial charge in [-0.05, 0) is 45.8 Å². The third-order valence-electron chi connectivity index (χ3n) is 3.66. The Balaban J connectivity index is 2.53. The monoisotopic (exact) mass is 213 g/mol. The highest BCUT2D eigenvalue weighted by Crippen LogP contribution is 2.25. The van der Waals surface area contributed by atoms with Gasteiger partial charge in [-0.2, -0.15) is 0 Å². The molecule has 3 N–H and O–H groups in total. The third kappa shape index (κ3) is 3.44. The lowest BCUT2D eigenvalue weighted by atomic mass is 9.83. The van der Waals surface area contributed by atoms with Gasteiger partial charge < -0.3 is 16.0 Å². The minimum Gasteiger partial charge on any atom is -0.329 e. The maximum Gasteiger partial charge on any atom is 0.0331 e. The lowest BCUT2D eigenvalue weighted by Crippen LogP contribution is -2.60. The van der Waals surface area contributed by atoms with Crippen molar-refractivity contribution in [1.29, 1.82) is 0 Å². The van der Waals surface area contributed by atoms with Crippen LogP contribution >= 0.6 is 0 Å². The standard InChI is InChI=1S/C12H27N3/c1-10(2)8-14-12(9-13)5-6-15(4)11(3)7-12/h10-11,14H,5-9,13H2,1-4H3. The van der Waals surface area contributed by atoms with E-state index in [1.165, 1.54) is 12.8 Å². The van der Waals surface area contributed by atoms with E-state index in [0.717, 1.165) is 19.6 Å². The molecular formula is C12H27N3. The van der Waals surface area contributed by atoms with E-state index < -0.39 is 0 Å². The van der Waals surface area contributed by atoms with Gasteiger partial charge in [0.2, 0.25) is 0 Å². The van der Waals surface area contributed by atoms with E-state index in [1.54, 1.807) is 0 Å². The zero-order chi connectivity index (χ0) is 11.5. The Morgan fingerprint density at radius 1 is 1.53 bits per heavy atom. The van der Waals surface area contributed by atoms with Crippen LogP contribution in [0.15, 0.2) is 0 Å². The molecule has 1 saturated heterocycles. The van der Waals surface area contributed by atoms with Gasteiger partial charge >= 0.3 is 0 Å². The lowest BCUT2D eigenvalue weighted by Gasteiger charge is -2.45. The number of nitrogens with one attached hydrogen (secondary N) is 1. The topological polar surface area (TPSA) is 41.3 Å². The molecule has 1 rings (SSSR count). The Morgan fingerprint density at radius 3 is 2.67 bits per heavy atom. The van der Waals surface area contributed by atoms with E-state index in [2.05, 4.69) is 38.0 Å². The molecule has 0 saturated carbocycles.